The highest BCUT2D eigenvalue weighted by atomic mass is 127. The number of ether oxygens (including phenoxy) is 1. The van der Waals surface area contributed by atoms with Gasteiger partial charge < -0.3 is 19.8 Å². The van der Waals surface area contributed by atoms with Crippen LogP contribution in [0.2, 0.25) is 0 Å². The Labute approximate surface area is 188 Å². The van der Waals surface area contributed by atoms with Gasteiger partial charge in [0, 0.05) is 32.5 Å². The number of nitrogens with zero attached hydrogens (tertiary/aromatic N) is 3. The van der Waals surface area contributed by atoms with Crippen molar-refractivity contribution in [3.8, 4) is 5.69 Å². The minimum Gasteiger partial charge on any atom is -0.469 e. The van der Waals surface area contributed by atoms with E-state index in [0.717, 1.165) is 35.9 Å². The van der Waals surface area contributed by atoms with Gasteiger partial charge in [-0.05, 0) is 42.8 Å². The van der Waals surface area contributed by atoms with Crippen molar-refractivity contribution in [3.05, 3.63) is 72.4 Å². The largest absolute Gasteiger partial charge is 0.469 e. The maximum Gasteiger partial charge on any atom is 0.191 e. The first-order valence-corrected chi connectivity index (χ1v) is 9.42. The van der Waals surface area contributed by atoms with Gasteiger partial charge in [0.2, 0.25) is 0 Å². The molecule has 0 spiro atoms. The maximum atomic E-state index is 5.38. The van der Waals surface area contributed by atoms with Crippen molar-refractivity contribution in [2.75, 3.05) is 26.8 Å². The molecule has 0 fully saturated rings. The lowest BCUT2D eigenvalue weighted by Gasteiger charge is -2.19. The number of halogens is 1. The lowest BCUT2D eigenvalue weighted by molar-refractivity contribution is 0.208. The summed E-state index contributed by atoms with van der Waals surface area (Å²) >= 11 is 0. The third-order valence-corrected chi connectivity index (χ3v) is 4.30. The Balaban J connectivity index is 0.00000300. The van der Waals surface area contributed by atoms with Crippen molar-refractivity contribution >= 4 is 29.9 Å². The van der Waals surface area contributed by atoms with Gasteiger partial charge in [-0.25, -0.2) is 4.68 Å². The normalized spacial score (nSPS) is 12.3. The number of furan rings is 1. The molecule has 3 aromatic rings. The minimum atomic E-state index is 0. The first-order valence-electron chi connectivity index (χ1n) is 9.42. The standard InChI is InChI=1S/C21H27N5O2.HI/c1-17(18-6-3-7-19(16-18)26-13-5-10-24-26)25-21(23-12-15-27-2)22-11-9-20-8-4-14-28-20;/h3-8,10,13-14,16-17H,9,11-12,15H2,1-2H3,(H2,22,23,25);1H. The molecule has 3 rings (SSSR count). The molecule has 0 aliphatic rings. The first kappa shape index (κ1) is 23.0. The number of rotatable bonds is 9. The maximum absolute atomic E-state index is 5.38. The van der Waals surface area contributed by atoms with Crippen LogP contribution in [0.3, 0.4) is 0 Å². The van der Waals surface area contributed by atoms with E-state index in [2.05, 4.69) is 39.8 Å². The number of hydrogen-bond acceptors (Lipinski definition) is 4. The zero-order chi connectivity index (χ0) is 19.6. The molecule has 0 aliphatic heterocycles. The fourth-order valence-corrected chi connectivity index (χ4v) is 2.81. The van der Waals surface area contributed by atoms with Crippen molar-refractivity contribution < 1.29 is 9.15 Å². The number of hydrogen-bond donors (Lipinski definition) is 2. The second-order valence-electron chi connectivity index (χ2n) is 6.39. The van der Waals surface area contributed by atoms with E-state index in [1.54, 1.807) is 19.6 Å². The fraction of sp³-hybridized carbons (Fsp3) is 0.333. The Morgan fingerprint density at radius 1 is 1.28 bits per heavy atom. The molecule has 0 bridgehead atoms. The van der Waals surface area contributed by atoms with Crippen molar-refractivity contribution in [2.24, 2.45) is 4.99 Å². The average molecular weight is 509 g/mol. The number of methoxy groups -OCH3 is 1. The molecule has 1 aromatic carbocycles. The van der Waals surface area contributed by atoms with Gasteiger partial charge in [0.05, 0.1) is 31.1 Å². The van der Waals surface area contributed by atoms with Gasteiger partial charge >= 0.3 is 0 Å². The summed E-state index contributed by atoms with van der Waals surface area (Å²) in [6.45, 7) is 4.01. The van der Waals surface area contributed by atoms with E-state index in [4.69, 9.17) is 9.15 Å². The Morgan fingerprint density at radius 2 is 2.17 bits per heavy atom. The molecule has 0 saturated carbocycles. The third-order valence-electron chi connectivity index (χ3n) is 4.30. The van der Waals surface area contributed by atoms with Crippen LogP contribution in [0.4, 0.5) is 0 Å². The van der Waals surface area contributed by atoms with Gasteiger partial charge in [0.15, 0.2) is 5.96 Å². The summed E-state index contributed by atoms with van der Waals surface area (Å²) in [7, 11) is 1.68. The molecule has 0 saturated heterocycles. The molecule has 29 heavy (non-hydrogen) atoms. The van der Waals surface area contributed by atoms with Crippen LogP contribution >= 0.6 is 24.0 Å². The van der Waals surface area contributed by atoms with E-state index in [1.165, 1.54) is 0 Å². The van der Waals surface area contributed by atoms with Gasteiger partial charge in [-0.3, -0.25) is 4.99 Å². The number of benzene rings is 1. The summed E-state index contributed by atoms with van der Waals surface area (Å²) < 4.78 is 12.4. The van der Waals surface area contributed by atoms with Crippen molar-refractivity contribution in [3.63, 3.8) is 0 Å². The van der Waals surface area contributed by atoms with Crippen molar-refractivity contribution in [1.29, 1.82) is 0 Å². The van der Waals surface area contributed by atoms with E-state index in [1.807, 2.05) is 41.2 Å². The highest BCUT2D eigenvalue weighted by Crippen LogP contribution is 2.16. The quantitative estimate of drug-likeness (QED) is 0.200. The van der Waals surface area contributed by atoms with E-state index in [9.17, 15) is 0 Å². The zero-order valence-electron chi connectivity index (χ0n) is 16.7. The number of aromatic nitrogens is 2. The van der Waals surface area contributed by atoms with Crippen LogP contribution in [-0.4, -0.2) is 42.5 Å². The van der Waals surface area contributed by atoms with Crippen LogP contribution in [0.5, 0.6) is 0 Å². The highest BCUT2D eigenvalue weighted by molar-refractivity contribution is 14.0. The molecule has 2 aromatic heterocycles. The molecule has 156 valence electrons. The Hall–Kier alpha value is -2.33. The highest BCUT2D eigenvalue weighted by Gasteiger charge is 2.10. The van der Waals surface area contributed by atoms with Crippen LogP contribution in [0.25, 0.3) is 5.69 Å². The monoisotopic (exact) mass is 509 g/mol. The number of nitrogens with one attached hydrogen (secondary N) is 2. The lowest BCUT2D eigenvalue weighted by Crippen LogP contribution is -2.40. The van der Waals surface area contributed by atoms with Crippen molar-refractivity contribution in [2.45, 2.75) is 19.4 Å². The Morgan fingerprint density at radius 3 is 2.90 bits per heavy atom. The van der Waals surface area contributed by atoms with Crippen molar-refractivity contribution in [1.82, 2.24) is 20.4 Å². The molecular formula is C21H28IN5O2. The van der Waals surface area contributed by atoms with E-state index in [0.29, 0.717) is 13.2 Å². The molecule has 7 nitrogen and oxygen atoms in total. The van der Waals surface area contributed by atoms with Crippen LogP contribution < -0.4 is 10.6 Å². The molecule has 0 radical (unpaired) electrons. The number of aliphatic imine (C=N–C) groups is 1. The average Bonchev–Trinajstić information content (AvgIpc) is 3.42. The van der Waals surface area contributed by atoms with Crippen LogP contribution in [0.15, 0.2) is 70.5 Å². The predicted molar refractivity (Wildman–Crippen MR) is 125 cm³/mol. The summed E-state index contributed by atoms with van der Waals surface area (Å²) in [5.74, 6) is 1.70. The second kappa shape index (κ2) is 12.3. The topological polar surface area (TPSA) is 76.6 Å². The van der Waals surface area contributed by atoms with E-state index < -0.39 is 0 Å². The predicted octanol–water partition coefficient (Wildman–Crippen LogP) is 3.57. The molecule has 0 aliphatic carbocycles. The minimum absolute atomic E-state index is 0. The van der Waals surface area contributed by atoms with E-state index in [-0.39, 0.29) is 30.0 Å². The second-order valence-corrected chi connectivity index (χ2v) is 6.39. The molecular weight excluding hydrogens is 481 g/mol. The fourth-order valence-electron chi connectivity index (χ4n) is 2.81. The summed E-state index contributed by atoms with van der Waals surface area (Å²) in [5.41, 5.74) is 2.18. The summed E-state index contributed by atoms with van der Waals surface area (Å²) in [6, 6.07) is 14.2. The van der Waals surface area contributed by atoms with Gasteiger partial charge in [-0.15, -0.1) is 24.0 Å². The lowest BCUT2D eigenvalue weighted by atomic mass is 10.1. The summed E-state index contributed by atoms with van der Waals surface area (Å²) in [5, 5.41) is 11.1. The summed E-state index contributed by atoms with van der Waals surface area (Å²) in [4.78, 5) is 4.59. The van der Waals surface area contributed by atoms with Crippen LogP contribution in [0.1, 0.15) is 24.3 Å². The summed E-state index contributed by atoms with van der Waals surface area (Å²) in [6.07, 6.45) is 6.19. The third kappa shape index (κ3) is 7.21. The Kier molecular flexibility index (Phi) is 9.72. The molecule has 8 heteroatoms. The van der Waals surface area contributed by atoms with E-state index >= 15 is 0 Å². The SMILES string of the molecule is COCCN=C(NCCc1ccco1)NC(C)c1cccc(-n2cccn2)c1.I. The smallest absolute Gasteiger partial charge is 0.191 e. The van der Waals surface area contributed by atoms with Gasteiger partial charge in [-0.2, -0.15) is 5.10 Å². The molecule has 0 amide bonds. The molecule has 1 atom stereocenters. The van der Waals surface area contributed by atoms with Crippen LogP contribution in [0, 0.1) is 0 Å². The first-order chi connectivity index (χ1) is 13.8. The molecule has 1 unspecified atom stereocenters. The number of guanidine groups is 1. The zero-order valence-corrected chi connectivity index (χ0v) is 19.1. The molecule has 2 N–H and O–H groups in total. The van der Waals surface area contributed by atoms with Gasteiger partial charge in [0.1, 0.15) is 5.76 Å². The molecule has 2 heterocycles. The van der Waals surface area contributed by atoms with Crippen LogP contribution in [-0.2, 0) is 11.2 Å². The Bertz CT molecular complexity index is 850. The van der Waals surface area contributed by atoms with Gasteiger partial charge in [-0.1, -0.05) is 12.1 Å². The van der Waals surface area contributed by atoms with Gasteiger partial charge in [0.25, 0.3) is 0 Å².